The van der Waals surface area contributed by atoms with Crippen molar-refractivity contribution in [3.05, 3.63) is 69.7 Å². The Hall–Kier alpha value is -2.27. The molecule has 0 radical (unpaired) electrons. The van der Waals surface area contributed by atoms with Crippen LogP contribution in [-0.4, -0.2) is 18.4 Å². The summed E-state index contributed by atoms with van der Waals surface area (Å²) >= 11 is 6.27. The van der Waals surface area contributed by atoms with E-state index >= 15 is 0 Å². The molecule has 0 heterocycles. The molecular formula is C21H19ClF2O3. The molecule has 3 rings (SSSR count). The highest BCUT2D eigenvalue weighted by molar-refractivity contribution is 6.31. The number of carbonyl (C=O) groups is 2. The summed E-state index contributed by atoms with van der Waals surface area (Å²) in [5, 5.41) is 0.483. The fourth-order valence-electron chi connectivity index (χ4n) is 3.77. The van der Waals surface area contributed by atoms with Crippen molar-refractivity contribution in [3.8, 4) is 0 Å². The molecule has 1 unspecified atom stereocenters. The van der Waals surface area contributed by atoms with Crippen molar-refractivity contribution in [3.63, 3.8) is 0 Å². The van der Waals surface area contributed by atoms with Gasteiger partial charge in [-0.25, -0.2) is 8.78 Å². The van der Waals surface area contributed by atoms with Gasteiger partial charge in [-0.3, -0.25) is 9.59 Å². The van der Waals surface area contributed by atoms with Gasteiger partial charge in [0.2, 0.25) is 0 Å². The van der Waals surface area contributed by atoms with Gasteiger partial charge >= 0.3 is 5.97 Å². The lowest BCUT2D eigenvalue weighted by Gasteiger charge is -2.29. The molecule has 0 fully saturated rings. The van der Waals surface area contributed by atoms with E-state index in [-0.39, 0.29) is 18.8 Å². The number of fused-ring (bicyclic) bond motifs is 1. The molecule has 3 nitrogen and oxygen atoms in total. The van der Waals surface area contributed by atoms with E-state index in [0.29, 0.717) is 34.6 Å². The third-order valence-electron chi connectivity index (χ3n) is 5.08. The van der Waals surface area contributed by atoms with Crippen molar-refractivity contribution < 1.29 is 23.1 Å². The first-order valence-corrected chi connectivity index (χ1v) is 9.16. The zero-order valence-electron chi connectivity index (χ0n) is 14.9. The number of hydrogen-bond acceptors (Lipinski definition) is 3. The Bertz CT molecular complexity index is 897. The largest absolute Gasteiger partial charge is 0.466 e. The quantitative estimate of drug-likeness (QED) is 0.534. The number of carbonyl (C=O) groups excluding carboxylic acids is 2. The van der Waals surface area contributed by atoms with Gasteiger partial charge in [-0.15, -0.1) is 0 Å². The topological polar surface area (TPSA) is 43.4 Å². The maximum Gasteiger partial charge on any atom is 0.313 e. The number of aryl methyl sites for hydroxylation is 1. The molecule has 142 valence electrons. The third-order valence-corrected chi connectivity index (χ3v) is 5.45. The molecule has 6 heteroatoms. The number of ketones is 1. The van der Waals surface area contributed by atoms with Crippen molar-refractivity contribution in [2.45, 2.75) is 38.0 Å². The van der Waals surface area contributed by atoms with Gasteiger partial charge in [-0.05, 0) is 61.1 Å². The van der Waals surface area contributed by atoms with Gasteiger partial charge in [0.15, 0.2) is 17.4 Å². The van der Waals surface area contributed by atoms with Crippen LogP contribution in [0.15, 0.2) is 36.4 Å². The standard InChI is InChI=1S/C21H19ClF2O3/c1-2-27-20(26)11-19(25)21(12-14-5-3-4-6-16(14)22)8-7-13-9-17(23)18(24)10-15(13)21/h3-6,9-10H,2,7-8,11-12H2,1H3. The average molecular weight is 393 g/mol. The Morgan fingerprint density at radius 3 is 2.59 bits per heavy atom. The maximum atomic E-state index is 14.0. The van der Waals surface area contributed by atoms with E-state index in [1.807, 2.05) is 0 Å². The van der Waals surface area contributed by atoms with Crippen molar-refractivity contribution in [1.29, 1.82) is 0 Å². The highest BCUT2D eigenvalue weighted by atomic mass is 35.5. The van der Waals surface area contributed by atoms with Crippen LogP contribution in [-0.2, 0) is 32.6 Å². The molecule has 0 saturated carbocycles. The summed E-state index contributed by atoms with van der Waals surface area (Å²) in [7, 11) is 0. The lowest BCUT2D eigenvalue weighted by atomic mass is 9.72. The Morgan fingerprint density at radius 1 is 1.19 bits per heavy atom. The predicted molar refractivity (Wildman–Crippen MR) is 97.8 cm³/mol. The fraction of sp³-hybridized carbons (Fsp3) is 0.333. The van der Waals surface area contributed by atoms with Crippen LogP contribution in [0.5, 0.6) is 0 Å². The lowest BCUT2D eigenvalue weighted by Crippen LogP contribution is -2.38. The lowest BCUT2D eigenvalue weighted by molar-refractivity contribution is -0.146. The van der Waals surface area contributed by atoms with Gasteiger partial charge < -0.3 is 4.74 Å². The second-order valence-electron chi connectivity index (χ2n) is 6.68. The molecule has 1 aliphatic rings. The zero-order chi connectivity index (χ0) is 19.6. The molecule has 0 aliphatic heterocycles. The van der Waals surface area contributed by atoms with Gasteiger partial charge in [0.1, 0.15) is 6.42 Å². The highest BCUT2D eigenvalue weighted by Gasteiger charge is 2.46. The van der Waals surface area contributed by atoms with E-state index in [1.54, 1.807) is 31.2 Å². The van der Waals surface area contributed by atoms with Gasteiger partial charge in [0, 0.05) is 5.02 Å². The summed E-state index contributed by atoms with van der Waals surface area (Å²) < 4.78 is 32.6. The Morgan fingerprint density at radius 2 is 1.89 bits per heavy atom. The molecule has 1 aliphatic carbocycles. The first kappa shape index (κ1) is 19.5. The molecule has 0 amide bonds. The van der Waals surface area contributed by atoms with Crippen LogP contribution in [0.4, 0.5) is 8.78 Å². The number of hydrogen-bond donors (Lipinski definition) is 0. The number of ether oxygens (including phenoxy) is 1. The monoisotopic (exact) mass is 392 g/mol. The van der Waals surface area contributed by atoms with E-state index in [1.165, 1.54) is 0 Å². The van der Waals surface area contributed by atoms with E-state index in [0.717, 1.165) is 12.1 Å². The molecular weight excluding hydrogens is 374 g/mol. The second-order valence-corrected chi connectivity index (χ2v) is 7.09. The molecule has 0 aromatic heterocycles. The van der Waals surface area contributed by atoms with E-state index in [9.17, 15) is 18.4 Å². The smallest absolute Gasteiger partial charge is 0.313 e. The average Bonchev–Trinajstić information content (AvgIpc) is 2.96. The van der Waals surface area contributed by atoms with Crippen molar-refractivity contribution in [2.24, 2.45) is 0 Å². The van der Waals surface area contributed by atoms with E-state index in [4.69, 9.17) is 16.3 Å². The number of Topliss-reactive ketones (excluding diaryl/α,β-unsaturated/α-hetero) is 1. The molecule has 0 N–H and O–H groups in total. The number of esters is 1. The Labute approximate surface area is 161 Å². The first-order valence-electron chi connectivity index (χ1n) is 8.78. The van der Waals surface area contributed by atoms with Gasteiger partial charge in [-0.2, -0.15) is 0 Å². The van der Waals surface area contributed by atoms with Crippen LogP contribution in [0, 0.1) is 11.6 Å². The molecule has 27 heavy (non-hydrogen) atoms. The Balaban J connectivity index is 2.07. The van der Waals surface area contributed by atoms with Gasteiger partial charge in [0.25, 0.3) is 0 Å². The number of halogens is 3. The molecule has 2 aromatic carbocycles. The van der Waals surface area contributed by atoms with Gasteiger partial charge in [0.05, 0.1) is 12.0 Å². The summed E-state index contributed by atoms with van der Waals surface area (Å²) in [6, 6.07) is 9.29. The van der Waals surface area contributed by atoms with Crippen LogP contribution in [0.2, 0.25) is 5.02 Å². The summed E-state index contributed by atoms with van der Waals surface area (Å²) in [5.41, 5.74) is 0.587. The number of benzene rings is 2. The summed E-state index contributed by atoms with van der Waals surface area (Å²) in [5.74, 6) is -2.95. The molecule has 2 aromatic rings. The summed E-state index contributed by atoms with van der Waals surface area (Å²) in [6.07, 6.45) is 0.569. The first-order chi connectivity index (χ1) is 12.9. The van der Waals surface area contributed by atoms with E-state index in [2.05, 4.69) is 0 Å². The van der Waals surface area contributed by atoms with Crippen LogP contribution >= 0.6 is 11.6 Å². The minimum atomic E-state index is -1.14. The summed E-state index contributed by atoms with van der Waals surface area (Å²) in [4.78, 5) is 25.1. The zero-order valence-corrected chi connectivity index (χ0v) is 15.6. The predicted octanol–water partition coefficient (Wildman–Crippen LogP) is 4.57. The van der Waals surface area contributed by atoms with Crippen molar-refractivity contribution in [2.75, 3.05) is 6.61 Å². The minimum absolute atomic E-state index is 0.167. The van der Waals surface area contributed by atoms with Gasteiger partial charge in [-0.1, -0.05) is 29.8 Å². The molecule has 0 saturated heterocycles. The fourth-order valence-corrected chi connectivity index (χ4v) is 3.98. The SMILES string of the molecule is CCOC(=O)CC(=O)C1(Cc2ccccc2Cl)CCc2cc(F)c(F)cc21. The van der Waals surface area contributed by atoms with Crippen molar-refractivity contribution in [1.82, 2.24) is 0 Å². The molecule has 0 spiro atoms. The third kappa shape index (κ3) is 3.74. The highest BCUT2D eigenvalue weighted by Crippen LogP contribution is 2.44. The number of rotatable bonds is 6. The van der Waals surface area contributed by atoms with Crippen LogP contribution < -0.4 is 0 Å². The Kier molecular flexibility index (Phi) is 5.61. The summed E-state index contributed by atoms with van der Waals surface area (Å²) in [6.45, 7) is 1.82. The van der Waals surface area contributed by atoms with E-state index < -0.39 is 29.4 Å². The van der Waals surface area contributed by atoms with Crippen molar-refractivity contribution >= 4 is 23.4 Å². The second kappa shape index (κ2) is 7.77. The van der Waals surface area contributed by atoms with Crippen LogP contribution in [0.1, 0.15) is 36.5 Å². The molecule has 1 atom stereocenters. The molecule has 0 bridgehead atoms. The van der Waals surface area contributed by atoms with Crippen LogP contribution in [0.3, 0.4) is 0 Å². The normalized spacial score (nSPS) is 18.2. The van der Waals surface area contributed by atoms with Crippen LogP contribution in [0.25, 0.3) is 0 Å². The minimum Gasteiger partial charge on any atom is -0.466 e. The maximum absolute atomic E-state index is 14.0.